The first-order chi connectivity index (χ1) is 11.6. The van der Waals surface area contributed by atoms with E-state index in [0.717, 1.165) is 23.4 Å². The fourth-order valence-corrected chi connectivity index (χ4v) is 2.12. The first-order valence-corrected chi connectivity index (χ1v) is 8.22. The van der Waals surface area contributed by atoms with Crippen molar-refractivity contribution >= 4 is 11.7 Å². The second-order valence-electron chi connectivity index (χ2n) is 5.51. The zero-order chi connectivity index (χ0) is 17.4. The van der Waals surface area contributed by atoms with Crippen LogP contribution in [0.5, 0.6) is 5.75 Å². The molecule has 0 aromatic heterocycles. The van der Waals surface area contributed by atoms with Crippen molar-refractivity contribution in [3.8, 4) is 5.75 Å². The summed E-state index contributed by atoms with van der Waals surface area (Å²) < 4.78 is 5.49. The maximum Gasteiger partial charge on any atom is 0.365 e. The number of aryl methyl sites for hydroxylation is 1. The molecule has 4 nitrogen and oxygen atoms in total. The molecular weight excluding hydrogens is 302 g/mol. The highest BCUT2D eigenvalue weighted by atomic mass is 16.7. The highest BCUT2D eigenvalue weighted by molar-refractivity contribution is 6.00. The van der Waals surface area contributed by atoms with Crippen LogP contribution in [0.15, 0.2) is 53.7 Å². The van der Waals surface area contributed by atoms with Crippen molar-refractivity contribution in [1.82, 2.24) is 0 Å². The van der Waals surface area contributed by atoms with Crippen LogP contribution in [0.2, 0.25) is 0 Å². The normalized spacial score (nSPS) is 11.2. The van der Waals surface area contributed by atoms with Gasteiger partial charge < -0.3 is 9.57 Å². The number of oxime groups is 1. The number of hydrogen-bond acceptors (Lipinski definition) is 4. The lowest BCUT2D eigenvalue weighted by molar-refractivity contribution is 0.0516. The van der Waals surface area contributed by atoms with Crippen molar-refractivity contribution in [3.63, 3.8) is 0 Å². The fraction of sp³-hybridized carbons (Fsp3) is 0.300. The number of carbonyl (C=O) groups is 1. The SMILES string of the molecule is CCCOc1ccc(C(=O)O/N=C(/CC)c2ccc(C)cc2)cc1. The lowest BCUT2D eigenvalue weighted by Crippen LogP contribution is -2.06. The van der Waals surface area contributed by atoms with Crippen LogP contribution in [-0.2, 0) is 4.84 Å². The summed E-state index contributed by atoms with van der Waals surface area (Å²) in [5.41, 5.74) is 3.32. The van der Waals surface area contributed by atoms with Crippen LogP contribution in [0.4, 0.5) is 0 Å². The van der Waals surface area contributed by atoms with Crippen molar-refractivity contribution in [3.05, 3.63) is 65.2 Å². The minimum Gasteiger partial charge on any atom is -0.494 e. The molecule has 0 aliphatic rings. The molecule has 0 spiro atoms. The third-order valence-electron chi connectivity index (χ3n) is 3.52. The van der Waals surface area contributed by atoms with E-state index < -0.39 is 5.97 Å². The van der Waals surface area contributed by atoms with Gasteiger partial charge in [0.05, 0.1) is 17.9 Å². The van der Waals surface area contributed by atoms with Gasteiger partial charge in [-0.25, -0.2) is 4.79 Å². The summed E-state index contributed by atoms with van der Waals surface area (Å²) in [6, 6.07) is 14.9. The van der Waals surface area contributed by atoms with Gasteiger partial charge in [0, 0.05) is 0 Å². The Morgan fingerprint density at radius 2 is 1.58 bits per heavy atom. The summed E-state index contributed by atoms with van der Waals surface area (Å²) in [6.07, 6.45) is 1.62. The Hall–Kier alpha value is -2.62. The Balaban J connectivity index is 2.03. The highest BCUT2D eigenvalue weighted by Gasteiger charge is 2.09. The fourth-order valence-electron chi connectivity index (χ4n) is 2.12. The van der Waals surface area contributed by atoms with Gasteiger partial charge in [0.2, 0.25) is 0 Å². The van der Waals surface area contributed by atoms with Crippen LogP contribution in [0.3, 0.4) is 0 Å². The van der Waals surface area contributed by atoms with E-state index in [1.54, 1.807) is 24.3 Å². The Labute approximate surface area is 143 Å². The summed E-state index contributed by atoms with van der Waals surface area (Å²) >= 11 is 0. The van der Waals surface area contributed by atoms with Crippen LogP contribution in [0, 0.1) is 6.92 Å². The predicted octanol–water partition coefficient (Wildman–Crippen LogP) is 4.75. The molecule has 2 aromatic rings. The number of rotatable bonds is 7. The molecule has 2 aromatic carbocycles. The monoisotopic (exact) mass is 325 g/mol. The molecule has 0 aliphatic carbocycles. The van der Waals surface area contributed by atoms with Gasteiger partial charge in [-0.3, -0.25) is 0 Å². The van der Waals surface area contributed by atoms with E-state index in [4.69, 9.17) is 9.57 Å². The van der Waals surface area contributed by atoms with Crippen molar-refractivity contribution in [2.75, 3.05) is 6.61 Å². The Kier molecular flexibility index (Phi) is 6.55. The summed E-state index contributed by atoms with van der Waals surface area (Å²) in [5, 5.41) is 4.03. The molecule has 126 valence electrons. The maximum atomic E-state index is 12.1. The minimum absolute atomic E-state index is 0.446. The molecule has 0 amide bonds. The van der Waals surface area contributed by atoms with Gasteiger partial charge in [0.15, 0.2) is 0 Å². The van der Waals surface area contributed by atoms with Gasteiger partial charge in [-0.1, -0.05) is 48.8 Å². The van der Waals surface area contributed by atoms with Crippen LogP contribution in [-0.4, -0.2) is 18.3 Å². The lowest BCUT2D eigenvalue weighted by Gasteiger charge is -2.06. The average Bonchev–Trinajstić information content (AvgIpc) is 2.62. The van der Waals surface area contributed by atoms with E-state index >= 15 is 0 Å². The maximum absolute atomic E-state index is 12.1. The number of nitrogens with zero attached hydrogens (tertiary/aromatic N) is 1. The third-order valence-corrected chi connectivity index (χ3v) is 3.52. The van der Waals surface area contributed by atoms with Crippen molar-refractivity contribution in [2.24, 2.45) is 5.16 Å². The number of benzene rings is 2. The first-order valence-electron chi connectivity index (χ1n) is 8.22. The molecule has 0 radical (unpaired) electrons. The number of ether oxygens (including phenoxy) is 1. The molecule has 0 aliphatic heterocycles. The summed E-state index contributed by atoms with van der Waals surface area (Å²) in [5.74, 6) is 0.265. The molecule has 2 rings (SSSR count). The molecule has 0 saturated carbocycles. The van der Waals surface area contributed by atoms with Gasteiger partial charge >= 0.3 is 5.97 Å². The van der Waals surface area contributed by atoms with Crippen LogP contribution in [0.1, 0.15) is 48.2 Å². The standard InChI is InChI=1S/C20H23NO3/c1-4-14-23-18-12-10-17(11-13-18)20(22)24-21-19(5-2)16-8-6-15(3)7-9-16/h6-13H,4-5,14H2,1-3H3/b21-19-. The number of carbonyl (C=O) groups excluding carboxylic acids is 1. The molecule has 0 N–H and O–H groups in total. The van der Waals surface area contributed by atoms with E-state index in [-0.39, 0.29) is 0 Å². The van der Waals surface area contributed by atoms with Gasteiger partial charge in [-0.05, 0) is 49.6 Å². The second-order valence-corrected chi connectivity index (χ2v) is 5.51. The smallest absolute Gasteiger partial charge is 0.365 e. The van der Waals surface area contributed by atoms with E-state index in [1.807, 2.05) is 45.0 Å². The molecule has 0 unspecified atom stereocenters. The minimum atomic E-state index is -0.477. The summed E-state index contributed by atoms with van der Waals surface area (Å²) in [7, 11) is 0. The largest absolute Gasteiger partial charge is 0.494 e. The second kappa shape index (κ2) is 8.87. The van der Waals surface area contributed by atoms with E-state index in [2.05, 4.69) is 5.16 Å². The van der Waals surface area contributed by atoms with Gasteiger partial charge in [-0.15, -0.1) is 0 Å². The highest BCUT2D eigenvalue weighted by Crippen LogP contribution is 2.14. The molecule has 0 fully saturated rings. The van der Waals surface area contributed by atoms with Crippen LogP contribution >= 0.6 is 0 Å². The quantitative estimate of drug-likeness (QED) is 0.419. The predicted molar refractivity (Wildman–Crippen MR) is 95.7 cm³/mol. The Bertz CT molecular complexity index is 688. The zero-order valence-electron chi connectivity index (χ0n) is 14.4. The lowest BCUT2D eigenvalue weighted by atomic mass is 10.1. The van der Waals surface area contributed by atoms with Crippen molar-refractivity contribution in [1.29, 1.82) is 0 Å². The van der Waals surface area contributed by atoms with Crippen molar-refractivity contribution in [2.45, 2.75) is 33.6 Å². The molecule has 4 heteroatoms. The van der Waals surface area contributed by atoms with E-state index in [0.29, 0.717) is 18.6 Å². The molecule has 0 atom stereocenters. The molecule has 0 heterocycles. The molecule has 0 bridgehead atoms. The topological polar surface area (TPSA) is 47.9 Å². The molecule has 24 heavy (non-hydrogen) atoms. The first kappa shape index (κ1) is 17.7. The Morgan fingerprint density at radius 3 is 2.17 bits per heavy atom. The van der Waals surface area contributed by atoms with Crippen LogP contribution < -0.4 is 4.74 Å². The van der Waals surface area contributed by atoms with Crippen molar-refractivity contribution < 1.29 is 14.4 Å². The van der Waals surface area contributed by atoms with Gasteiger partial charge in [0.1, 0.15) is 5.75 Å². The summed E-state index contributed by atoms with van der Waals surface area (Å²) in [6.45, 7) is 6.71. The van der Waals surface area contributed by atoms with E-state index in [1.165, 1.54) is 5.56 Å². The van der Waals surface area contributed by atoms with Gasteiger partial charge in [0.25, 0.3) is 0 Å². The third kappa shape index (κ3) is 4.95. The molecule has 0 saturated heterocycles. The van der Waals surface area contributed by atoms with E-state index in [9.17, 15) is 4.79 Å². The number of hydrogen-bond donors (Lipinski definition) is 0. The molecular formula is C20H23NO3. The summed E-state index contributed by atoms with van der Waals surface area (Å²) in [4.78, 5) is 17.2. The Morgan fingerprint density at radius 1 is 0.958 bits per heavy atom. The van der Waals surface area contributed by atoms with Gasteiger partial charge in [-0.2, -0.15) is 0 Å². The van der Waals surface area contributed by atoms with Crippen LogP contribution in [0.25, 0.3) is 0 Å². The average molecular weight is 325 g/mol. The zero-order valence-corrected chi connectivity index (χ0v) is 14.4.